The summed E-state index contributed by atoms with van der Waals surface area (Å²) in [5, 5.41) is 5.78. The Bertz CT molecular complexity index is 1320. The Labute approximate surface area is 182 Å². The number of esters is 1. The average molecular weight is 459 g/mol. The van der Waals surface area contributed by atoms with Crippen molar-refractivity contribution in [3.63, 3.8) is 0 Å². The van der Waals surface area contributed by atoms with E-state index >= 15 is 0 Å². The molecule has 0 radical (unpaired) electrons. The molecule has 1 heterocycles. The van der Waals surface area contributed by atoms with Crippen molar-refractivity contribution in [2.75, 3.05) is 11.9 Å². The first-order valence-corrected chi connectivity index (χ1v) is 10.8. The summed E-state index contributed by atoms with van der Waals surface area (Å²) < 4.78 is 44.3. The molecule has 0 unspecified atom stereocenters. The molecule has 32 heavy (non-hydrogen) atoms. The number of carbonyl (C=O) groups is 2. The molecule has 0 saturated carbocycles. The molecule has 0 fully saturated rings. The number of aromatic nitrogens is 2. The zero-order chi connectivity index (χ0) is 23.3. The van der Waals surface area contributed by atoms with Gasteiger partial charge in [0.1, 0.15) is 12.4 Å². The van der Waals surface area contributed by atoms with Gasteiger partial charge >= 0.3 is 5.97 Å². The van der Waals surface area contributed by atoms with Crippen LogP contribution >= 0.6 is 0 Å². The summed E-state index contributed by atoms with van der Waals surface area (Å²) in [7, 11) is -4.20. The van der Waals surface area contributed by atoms with Gasteiger partial charge < -0.3 is 10.1 Å². The molecule has 1 N–H and O–H groups in total. The van der Waals surface area contributed by atoms with Gasteiger partial charge in [-0.3, -0.25) is 9.59 Å². The van der Waals surface area contributed by atoms with E-state index in [0.717, 1.165) is 24.3 Å². The second-order valence-corrected chi connectivity index (χ2v) is 8.37. The highest BCUT2D eigenvalue weighted by Gasteiger charge is 2.21. The second-order valence-electron chi connectivity index (χ2n) is 6.47. The lowest BCUT2D eigenvalue weighted by Gasteiger charge is -2.09. The number of nitrogens with one attached hydrogen (secondary N) is 1. The van der Waals surface area contributed by atoms with Gasteiger partial charge in [0.15, 0.2) is 5.03 Å². The molecule has 0 aliphatic carbocycles. The van der Waals surface area contributed by atoms with Crippen LogP contribution in [0.25, 0.3) is 0 Å². The van der Waals surface area contributed by atoms with Crippen molar-refractivity contribution in [2.24, 2.45) is 0 Å². The molecular formula is C21H18FN3O6S. The Morgan fingerprint density at radius 2 is 1.81 bits per heavy atom. The van der Waals surface area contributed by atoms with Crippen molar-refractivity contribution < 1.29 is 27.1 Å². The van der Waals surface area contributed by atoms with Gasteiger partial charge in [-0.15, -0.1) is 0 Å². The van der Waals surface area contributed by atoms with Gasteiger partial charge in [-0.25, -0.2) is 22.3 Å². The smallest absolute Gasteiger partial charge is 0.338 e. The van der Waals surface area contributed by atoms with Crippen LogP contribution < -0.4 is 10.9 Å². The predicted molar refractivity (Wildman–Crippen MR) is 111 cm³/mol. The molecule has 9 nitrogen and oxygen atoms in total. The molecule has 2 aromatic carbocycles. The molecule has 0 aliphatic rings. The lowest BCUT2D eigenvalue weighted by Crippen LogP contribution is -2.30. The molecule has 1 aromatic heterocycles. The summed E-state index contributed by atoms with van der Waals surface area (Å²) in [5.41, 5.74) is -0.0476. The summed E-state index contributed by atoms with van der Waals surface area (Å²) in [4.78, 5) is 35.7. The number of benzene rings is 2. The Morgan fingerprint density at radius 3 is 2.47 bits per heavy atom. The summed E-state index contributed by atoms with van der Waals surface area (Å²) in [5.74, 6) is -1.89. The molecule has 166 valence electrons. The second kappa shape index (κ2) is 9.52. The molecule has 0 bridgehead atoms. The average Bonchev–Trinajstić information content (AvgIpc) is 2.76. The van der Waals surface area contributed by atoms with Crippen LogP contribution in [0.2, 0.25) is 0 Å². The molecule has 3 aromatic rings. The molecule has 0 atom stereocenters. The largest absolute Gasteiger partial charge is 0.462 e. The molecule has 0 aliphatic heterocycles. The first-order chi connectivity index (χ1) is 15.2. The Balaban J connectivity index is 1.77. The van der Waals surface area contributed by atoms with Crippen molar-refractivity contribution in [2.45, 2.75) is 23.4 Å². The third kappa shape index (κ3) is 5.24. The summed E-state index contributed by atoms with van der Waals surface area (Å²) in [6, 6.07) is 12.2. The van der Waals surface area contributed by atoms with E-state index in [4.69, 9.17) is 4.74 Å². The number of hydrogen-bond donors (Lipinski definition) is 1. The monoisotopic (exact) mass is 459 g/mol. The number of amides is 1. The van der Waals surface area contributed by atoms with Gasteiger partial charge in [0.25, 0.3) is 5.56 Å². The van der Waals surface area contributed by atoms with Crippen LogP contribution in [0.4, 0.5) is 10.1 Å². The Morgan fingerprint density at radius 1 is 1.09 bits per heavy atom. The van der Waals surface area contributed by atoms with Gasteiger partial charge in [-0.05, 0) is 55.5 Å². The maximum atomic E-state index is 13.4. The van der Waals surface area contributed by atoms with Gasteiger partial charge in [0.2, 0.25) is 15.7 Å². The molecular weight excluding hydrogens is 441 g/mol. The first-order valence-electron chi connectivity index (χ1n) is 9.36. The zero-order valence-corrected chi connectivity index (χ0v) is 17.6. The number of carbonyl (C=O) groups excluding carboxylic acids is 2. The topological polar surface area (TPSA) is 124 Å². The fourth-order valence-corrected chi connectivity index (χ4v) is 3.90. The number of anilines is 1. The van der Waals surface area contributed by atoms with E-state index in [2.05, 4.69) is 10.4 Å². The minimum Gasteiger partial charge on any atom is -0.462 e. The van der Waals surface area contributed by atoms with Crippen LogP contribution in [0.3, 0.4) is 0 Å². The van der Waals surface area contributed by atoms with Crippen LogP contribution in [0.5, 0.6) is 0 Å². The molecule has 11 heteroatoms. The van der Waals surface area contributed by atoms with Crippen LogP contribution in [-0.2, 0) is 25.9 Å². The number of nitrogens with zero attached hydrogens (tertiary/aromatic N) is 2. The lowest BCUT2D eigenvalue weighted by molar-refractivity contribution is -0.117. The van der Waals surface area contributed by atoms with E-state index in [1.807, 2.05) is 0 Å². The molecule has 0 spiro atoms. The van der Waals surface area contributed by atoms with Gasteiger partial charge in [0, 0.05) is 11.8 Å². The zero-order valence-electron chi connectivity index (χ0n) is 16.8. The Kier molecular flexibility index (Phi) is 6.79. The van der Waals surface area contributed by atoms with Gasteiger partial charge in [0.05, 0.1) is 17.1 Å². The summed E-state index contributed by atoms with van der Waals surface area (Å²) >= 11 is 0. The van der Waals surface area contributed by atoms with Crippen molar-refractivity contribution in [3.8, 4) is 0 Å². The number of rotatable bonds is 7. The minimum atomic E-state index is -4.20. The maximum absolute atomic E-state index is 13.4. The van der Waals surface area contributed by atoms with Crippen molar-refractivity contribution in [3.05, 3.63) is 82.4 Å². The summed E-state index contributed by atoms with van der Waals surface area (Å²) in [6.07, 6.45) is 0. The third-order valence-electron chi connectivity index (χ3n) is 4.20. The first kappa shape index (κ1) is 22.8. The predicted octanol–water partition coefficient (Wildman–Crippen LogP) is 2.03. The quantitative estimate of drug-likeness (QED) is 0.536. The number of ether oxygens (including phenoxy) is 1. The third-order valence-corrected chi connectivity index (χ3v) is 5.84. The van der Waals surface area contributed by atoms with Crippen molar-refractivity contribution in [1.29, 1.82) is 0 Å². The fourth-order valence-electron chi connectivity index (χ4n) is 2.68. The van der Waals surface area contributed by atoms with E-state index < -0.39 is 44.7 Å². The van der Waals surface area contributed by atoms with Crippen LogP contribution in [0.1, 0.15) is 17.3 Å². The van der Waals surface area contributed by atoms with E-state index in [1.54, 1.807) is 6.92 Å². The standard InChI is InChI=1S/C21H18FN3O6S/c1-2-31-21(28)14-6-8-16(9-7-14)23-18(26)13-25-20(27)11-10-19(24-25)32(29,30)17-5-3-4-15(22)12-17/h3-12H,2,13H2,1H3,(H,23,26). The van der Waals surface area contributed by atoms with E-state index in [1.165, 1.54) is 36.4 Å². The van der Waals surface area contributed by atoms with Crippen LogP contribution in [0.15, 0.2) is 75.4 Å². The highest BCUT2D eigenvalue weighted by molar-refractivity contribution is 7.91. The molecule has 0 saturated heterocycles. The number of hydrogen-bond acceptors (Lipinski definition) is 7. The number of halogens is 1. The summed E-state index contributed by atoms with van der Waals surface area (Å²) in [6.45, 7) is 1.35. The van der Waals surface area contributed by atoms with Crippen molar-refractivity contribution >= 4 is 27.4 Å². The Hall–Kier alpha value is -3.86. The van der Waals surface area contributed by atoms with E-state index in [-0.39, 0.29) is 11.5 Å². The molecule has 1 amide bonds. The fraction of sp³-hybridized carbons (Fsp3) is 0.143. The SMILES string of the molecule is CCOC(=O)c1ccc(NC(=O)Cn2nc(S(=O)(=O)c3cccc(F)c3)ccc2=O)cc1. The highest BCUT2D eigenvalue weighted by atomic mass is 32.2. The van der Waals surface area contributed by atoms with Gasteiger partial charge in [-0.2, -0.15) is 5.10 Å². The van der Waals surface area contributed by atoms with Gasteiger partial charge in [-0.1, -0.05) is 6.07 Å². The highest BCUT2D eigenvalue weighted by Crippen LogP contribution is 2.18. The van der Waals surface area contributed by atoms with Crippen LogP contribution in [-0.4, -0.2) is 36.7 Å². The maximum Gasteiger partial charge on any atom is 0.338 e. The van der Waals surface area contributed by atoms with E-state index in [0.29, 0.717) is 15.9 Å². The van der Waals surface area contributed by atoms with Crippen LogP contribution in [0, 0.1) is 5.82 Å². The molecule has 3 rings (SSSR count). The number of sulfone groups is 1. The van der Waals surface area contributed by atoms with Crippen molar-refractivity contribution in [1.82, 2.24) is 9.78 Å². The lowest BCUT2D eigenvalue weighted by atomic mass is 10.2. The normalized spacial score (nSPS) is 11.1. The van der Waals surface area contributed by atoms with E-state index in [9.17, 15) is 27.2 Å². The minimum absolute atomic E-state index is 0.229.